The highest BCUT2D eigenvalue weighted by atomic mass is 32.1. The largest absolute Gasteiger partial charge is 0.493 e. The lowest BCUT2D eigenvalue weighted by molar-refractivity contribution is 0.0695. The van der Waals surface area contributed by atoms with Gasteiger partial charge in [-0.3, -0.25) is 4.98 Å². The average molecular weight is 379 g/mol. The van der Waals surface area contributed by atoms with Gasteiger partial charge in [-0.25, -0.2) is 4.79 Å². The molecular weight excluding hydrogens is 358 g/mol. The molecule has 0 saturated carbocycles. The van der Waals surface area contributed by atoms with Crippen molar-refractivity contribution in [2.45, 2.75) is 32.1 Å². The summed E-state index contributed by atoms with van der Waals surface area (Å²) < 4.78 is 5.94. The number of fused-ring (bicyclic) bond motifs is 1. The molecule has 138 valence electrons. The minimum absolute atomic E-state index is 0.348. The first-order chi connectivity index (χ1) is 13.1. The Kier molecular flexibility index (Phi) is 4.94. The summed E-state index contributed by atoms with van der Waals surface area (Å²) in [7, 11) is 0. The van der Waals surface area contributed by atoms with E-state index in [-0.39, 0.29) is 0 Å². The smallest absolute Gasteiger partial charge is 0.336 e. The fourth-order valence-corrected chi connectivity index (χ4v) is 4.50. The van der Waals surface area contributed by atoms with Gasteiger partial charge in [-0.15, -0.1) is 11.3 Å². The highest BCUT2D eigenvalue weighted by molar-refractivity contribution is 7.10. The third-order valence-corrected chi connectivity index (χ3v) is 6.09. The van der Waals surface area contributed by atoms with Gasteiger partial charge in [-0.05, 0) is 77.9 Å². The van der Waals surface area contributed by atoms with Crippen molar-refractivity contribution in [1.82, 2.24) is 4.98 Å². The van der Waals surface area contributed by atoms with Crippen LogP contribution in [0.5, 0.6) is 5.75 Å². The van der Waals surface area contributed by atoms with E-state index >= 15 is 0 Å². The molecule has 0 unspecified atom stereocenters. The molecule has 27 heavy (non-hydrogen) atoms. The SMILES string of the molecule is Cc1sccc1-c1ccc2c(c1)OCC[C@@H]2CCc1cnccc1C(=O)O. The number of rotatable bonds is 5. The van der Waals surface area contributed by atoms with Gasteiger partial charge in [-0.1, -0.05) is 12.1 Å². The van der Waals surface area contributed by atoms with E-state index in [1.165, 1.54) is 27.8 Å². The van der Waals surface area contributed by atoms with Crippen molar-refractivity contribution < 1.29 is 14.6 Å². The van der Waals surface area contributed by atoms with Crippen molar-refractivity contribution in [3.8, 4) is 16.9 Å². The number of pyridine rings is 1. The van der Waals surface area contributed by atoms with Gasteiger partial charge in [-0.2, -0.15) is 0 Å². The second-order valence-corrected chi connectivity index (χ2v) is 7.97. The summed E-state index contributed by atoms with van der Waals surface area (Å²) in [6.07, 6.45) is 5.74. The van der Waals surface area contributed by atoms with Crippen molar-refractivity contribution in [1.29, 1.82) is 0 Å². The van der Waals surface area contributed by atoms with Crippen LogP contribution in [0.4, 0.5) is 0 Å². The van der Waals surface area contributed by atoms with E-state index in [0.29, 0.717) is 24.5 Å². The van der Waals surface area contributed by atoms with Crippen LogP contribution in [0.2, 0.25) is 0 Å². The lowest BCUT2D eigenvalue weighted by Crippen LogP contribution is -2.15. The third kappa shape index (κ3) is 3.60. The van der Waals surface area contributed by atoms with Gasteiger partial charge in [0.2, 0.25) is 0 Å². The van der Waals surface area contributed by atoms with Crippen LogP contribution >= 0.6 is 11.3 Å². The fraction of sp³-hybridized carbons (Fsp3) is 0.273. The number of aromatic nitrogens is 1. The molecule has 0 radical (unpaired) electrons. The number of benzene rings is 1. The molecule has 1 aliphatic rings. The van der Waals surface area contributed by atoms with Crippen LogP contribution in [-0.4, -0.2) is 22.7 Å². The van der Waals surface area contributed by atoms with E-state index in [9.17, 15) is 9.90 Å². The molecule has 0 spiro atoms. The van der Waals surface area contributed by atoms with Gasteiger partial charge in [0.25, 0.3) is 0 Å². The first-order valence-corrected chi connectivity index (χ1v) is 9.99. The molecule has 0 fully saturated rings. The van der Waals surface area contributed by atoms with Gasteiger partial charge in [0, 0.05) is 17.3 Å². The molecule has 4 rings (SSSR count). The number of carbonyl (C=O) groups is 1. The number of hydrogen-bond donors (Lipinski definition) is 1. The highest BCUT2D eigenvalue weighted by Crippen LogP contribution is 2.40. The van der Waals surface area contributed by atoms with Gasteiger partial charge < -0.3 is 9.84 Å². The molecule has 2 aromatic heterocycles. The summed E-state index contributed by atoms with van der Waals surface area (Å²) in [5.74, 6) is 0.433. The summed E-state index contributed by atoms with van der Waals surface area (Å²) in [6.45, 7) is 2.83. The third-order valence-electron chi connectivity index (χ3n) is 5.24. The van der Waals surface area contributed by atoms with Crippen molar-refractivity contribution in [2.24, 2.45) is 0 Å². The Morgan fingerprint density at radius 3 is 3.00 bits per heavy atom. The minimum atomic E-state index is -0.893. The van der Waals surface area contributed by atoms with Crippen molar-refractivity contribution in [3.63, 3.8) is 0 Å². The molecular formula is C22H21NO3S. The zero-order chi connectivity index (χ0) is 18.8. The van der Waals surface area contributed by atoms with Gasteiger partial charge in [0.05, 0.1) is 12.2 Å². The summed E-state index contributed by atoms with van der Waals surface area (Å²) >= 11 is 1.75. The van der Waals surface area contributed by atoms with E-state index in [1.54, 1.807) is 23.6 Å². The Balaban J connectivity index is 1.56. The standard InChI is InChI=1S/C22H21NO3S/c1-14-18(8-11-27-14)16-4-5-19-15(7-10-26-21(19)12-16)2-3-17-13-23-9-6-20(17)22(24)25/h4-6,8-9,11-13,15H,2-3,7,10H2,1H3,(H,24,25)/t15-/m0/s1. The summed E-state index contributed by atoms with van der Waals surface area (Å²) in [5.41, 5.74) is 4.81. The molecule has 0 saturated heterocycles. The predicted molar refractivity (Wildman–Crippen MR) is 107 cm³/mol. The quantitative estimate of drug-likeness (QED) is 0.652. The van der Waals surface area contributed by atoms with Gasteiger partial charge >= 0.3 is 5.97 Å². The first kappa shape index (κ1) is 17.7. The maximum absolute atomic E-state index is 11.4. The lowest BCUT2D eigenvalue weighted by Gasteiger charge is -2.26. The van der Waals surface area contributed by atoms with Crippen molar-refractivity contribution >= 4 is 17.3 Å². The summed E-state index contributed by atoms with van der Waals surface area (Å²) in [4.78, 5) is 16.8. The first-order valence-electron chi connectivity index (χ1n) is 9.11. The van der Waals surface area contributed by atoms with E-state index in [1.807, 2.05) is 0 Å². The Morgan fingerprint density at radius 1 is 1.33 bits per heavy atom. The van der Waals surface area contributed by atoms with E-state index in [0.717, 1.165) is 24.2 Å². The number of carboxylic acid groups (broad SMARTS) is 1. The summed E-state index contributed by atoms with van der Waals surface area (Å²) in [6, 6.07) is 10.2. The zero-order valence-electron chi connectivity index (χ0n) is 15.1. The molecule has 0 bridgehead atoms. The van der Waals surface area contributed by atoms with Crippen LogP contribution in [0.15, 0.2) is 48.1 Å². The molecule has 1 N–H and O–H groups in total. The maximum atomic E-state index is 11.4. The number of hydrogen-bond acceptors (Lipinski definition) is 4. The topological polar surface area (TPSA) is 59.4 Å². The van der Waals surface area contributed by atoms with Crippen LogP contribution in [0.3, 0.4) is 0 Å². The highest BCUT2D eigenvalue weighted by Gasteiger charge is 2.23. The van der Waals surface area contributed by atoms with Crippen LogP contribution in [0.1, 0.15) is 45.1 Å². The van der Waals surface area contributed by atoms with E-state index in [2.05, 4.69) is 41.6 Å². The molecule has 1 aliphatic heterocycles. The van der Waals surface area contributed by atoms with Crippen LogP contribution in [0.25, 0.3) is 11.1 Å². The van der Waals surface area contributed by atoms with Crippen LogP contribution in [-0.2, 0) is 6.42 Å². The predicted octanol–water partition coefficient (Wildman–Crippen LogP) is 5.32. The number of aryl methyl sites for hydroxylation is 2. The molecule has 1 atom stereocenters. The minimum Gasteiger partial charge on any atom is -0.493 e. The van der Waals surface area contributed by atoms with Gasteiger partial charge in [0.1, 0.15) is 5.75 Å². The number of nitrogens with zero attached hydrogens (tertiary/aromatic N) is 1. The zero-order valence-corrected chi connectivity index (χ0v) is 16.0. The second-order valence-electron chi connectivity index (χ2n) is 6.85. The van der Waals surface area contributed by atoms with Crippen molar-refractivity contribution in [3.05, 3.63) is 69.7 Å². The Hall–Kier alpha value is -2.66. The number of carboxylic acids is 1. The molecule has 3 heterocycles. The second kappa shape index (κ2) is 7.53. The molecule has 3 aromatic rings. The fourth-order valence-electron chi connectivity index (χ4n) is 3.78. The molecule has 5 heteroatoms. The van der Waals surface area contributed by atoms with Crippen LogP contribution < -0.4 is 4.74 Å². The Bertz CT molecular complexity index is 979. The molecule has 0 aliphatic carbocycles. The van der Waals surface area contributed by atoms with Crippen LogP contribution in [0, 0.1) is 6.92 Å². The Labute approximate surface area is 162 Å². The normalized spacial score (nSPS) is 15.8. The molecule has 4 nitrogen and oxygen atoms in total. The number of ether oxygens (including phenoxy) is 1. The maximum Gasteiger partial charge on any atom is 0.336 e. The average Bonchev–Trinajstić information content (AvgIpc) is 3.12. The molecule has 0 amide bonds. The van der Waals surface area contributed by atoms with E-state index in [4.69, 9.17) is 4.74 Å². The summed E-state index contributed by atoms with van der Waals surface area (Å²) in [5, 5.41) is 11.5. The number of thiophene rings is 1. The van der Waals surface area contributed by atoms with E-state index < -0.39 is 5.97 Å². The molecule has 1 aromatic carbocycles. The Morgan fingerprint density at radius 2 is 2.22 bits per heavy atom. The van der Waals surface area contributed by atoms with Crippen molar-refractivity contribution in [2.75, 3.05) is 6.61 Å². The monoisotopic (exact) mass is 379 g/mol. The number of aromatic carboxylic acids is 1. The van der Waals surface area contributed by atoms with Gasteiger partial charge in [0.15, 0.2) is 0 Å². The lowest BCUT2D eigenvalue weighted by atomic mass is 9.86.